The minimum atomic E-state index is -0.940. The third kappa shape index (κ3) is 4.25. The monoisotopic (exact) mass is 390 g/mol. The molecular weight excluding hydrogens is 382 g/mol. The van der Waals surface area contributed by atoms with Gasteiger partial charge in [0.1, 0.15) is 10.7 Å². The van der Waals surface area contributed by atoms with Gasteiger partial charge in [0.05, 0.1) is 17.6 Å². The second-order valence-electron chi connectivity index (χ2n) is 4.14. The number of hydrogen-bond acceptors (Lipinski definition) is 8. The minimum absolute atomic E-state index is 0.0443. The van der Waals surface area contributed by atoms with Crippen molar-refractivity contribution in [1.29, 1.82) is 0 Å². The molecule has 0 radical (unpaired) electrons. The maximum atomic E-state index is 13.6. The van der Waals surface area contributed by atoms with Crippen molar-refractivity contribution in [2.24, 2.45) is 0 Å². The summed E-state index contributed by atoms with van der Waals surface area (Å²) in [6.07, 6.45) is 1.08. The lowest BCUT2D eigenvalue weighted by molar-refractivity contribution is -0.138. The average Bonchev–Trinajstić information content (AvgIpc) is 3.04. The number of halogens is 3. The fourth-order valence-electron chi connectivity index (χ4n) is 1.55. The second kappa shape index (κ2) is 8.13. The molecule has 2 aromatic heterocycles. The minimum Gasteiger partial charge on any atom is -0.462 e. The van der Waals surface area contributed by atoms with E-state index in [0.717, 1.165) is 23.8 Å². The predicted molar refractivity (Wildman–Crippen MR) is 86.8 cm³/mol. The maximum absolute atomic E-state index is 13.6. The standard InChI is InChI=1S/C13H9Cl2FN4O3S/c1-2-23-13(22)7(4-17-9-5-24-20-19-9)10(21)6-3-8(16)12(15)18-11(6)14/h3-5,17H,2H2,1H3/b7-4+. The van der Waals surface area contributed by atoms with Crippen molar-refractivity contribution in [2.45, 2.75) is 6.92 Å². The van der Waals surface area contributed by atoms with E-state index >= 15 is 0 Å². The highest BCUT2D eigenvalue weighted by atomic mass is 35.5. The molecule has 24 heavy (non-hydrogen) atoms. The van der Waals surface area contributed by atoms with Crippen molar-refractivity contribution in [3.63, 3.8) is 0 Å². The van der Waals surface area contributed by atoms with Crippen LogP contribution in [-0.4, -0.2) is 32.9 Å². The molecule has 0 atom stereocenters. The van der Waals surface area contributed by atoms with Crippen molar-refractivity contribution < 1.29 is 18.7 Å². The van der Waals surface area contributed by atoms with Crippen LogP contribution >= 0.6 is 34.7 Å². The Morgan fingerprint density at radius 3 is 2.79 bits per heavy atom. The molecule has 0 bridgehead atoms. The number of ether oxygens (including phenoxy) is 1. The summed E-state index contributed by atoms with van der Waals surface area (Å²) in [5, 5.41) is 7.07. The molecule has 0 aliphatic heterocycles. The molecule has 7 nitrogen and oxygen atoms in total. The molecular formula is C13H9Cl2FN4O3S. The number of carbonyl (C=O) groups excluding carboxylic acids is 2. The van der Waals surface area contributed by atoms with Gasteiger partial charge in [-0.3, -0.25) is 4.79 Å². The molecule has 0 spiro atoms. The van der Waals surface area contributed by atoms with Crippen LogP contribution in [-0.2, 0) is 9.53 Å². The first kappa shape index (κ1) is 18.2. The molecule has 0 saturated heterocycles. The van der Waals surface area contributed by atoms with Crippen molar-refractivity contribution >= 4 is 52.3 Å². The quantitative estimate of drug-likeness (QED) is 0.202. The number of ketones is 1. The highest BCUT2D eigenvalue weighted by Gasteiger charge is 2.25. The molecule has 2 heterocycles. The van der Waals surface area contributed by atoms with E-state index in [2.05, 4.69) is 19.9 Å². The number of esters is 1. The third-order valence-corrected chi connectivity index (χ3v) is 3.65. The molecule has 0 fully saturated rings. The largest absolute Gasteiger partial charge is 0.462 e. The zero-order valence-corrected chi connectivity index (χ0v) is 14.4. The van der Waals surface area contributed by atoms with Crippen molar-refractivity contribution in [1.82, 2.24) is 14.6 Å². The van der Waals surface area contributed by atoms with Gasteiger partial charge < -0.3 is 10.1 Å². The van der Waals surface area contributed by atoms with Gasteiger partial charge in [-0.05, 0) is 24.5 Å². The Kier molecular flexibility index (Phi) is 6.18. The summed E-state index contributed by atoms with van der Waals surface area (Å²) in [7, 11) is 0. The van der Waals surface area contributed by atoms with Gasteiger partial charge in [-0.15, -0.1) is 5.10 Å². The van der Waals surface area contributed by atoms with E-state index in [9.17, 15) is 14.0 Å². The number of hydrogen-bond donors (Lipinski definition) is 1. The zero-order valence-electron chi connectivity index (χ0n) is 12.0. The van der Waals surface area contributed by atoms with E-state index in [1.165, 1.54) is 0 Å². The Bertz CT molecular complexity index is 799. The fraction of sp³-hybridized carbons (Fsp3) is 0.154. The van der Waals surface area contributed by atoms with Gasteiger partial charge >= 0.3 is 5.97 Å². The summed E-state index contributed by atoms with van der Waals surface area (Å²) in [4.78, 5) is 28.0. The number of pyridine rings is 1. The molecule has 2 aromatic rings. The Labute approximate surface area is 149 Å². The van der Waals surface area contributed by atoms with E-state index in [-0.39, 0.29) is 17.3 Å². The summed E-state index contributed by atoms with van der Waals surface area (Å²) >= 11 is 12.4. The SMILES string of the molecule is CCOC(=O)/C(=C/Nc1csnn1)C(=O)c1cc(F)c(Cl)nc1Cl. The Morgan fingerprint density at radius 1 is 1.42 bits per heavy atom. The van der Waals surface area contributed by atoms with Crippen LogP contribution in [0.2, 0.25) is 10.3 Å². The Morgan fingerprint density at radius 2 is 2.17 bits per heavy atom. The van der Waals surface area contributed by atoms with Gasteiger partial charge in [-0.2, -0.15) is 0 Å². The smallest absolute Gasteiger partial charge is 0.343 e. The normalized spacial score (nSPS) is 11.2. The van der Waals surface area contributed by atoms with Crippen molar-refractivity contribution in [3.05, 3.63) is 44.9 Å². The summed E-state index contributed by atoms with van der Waals surface area (Å²) in [6, 6.07) is 0.803. The van der Waals surface area contributed by atoms with Gasteiger partial charge in [-0.25, -0.2) is 14.2 Å². The number of Topliss-reactive ketones (excluding diaryl/α,β-unsaturated/α-hetero) is 1. The van der Waals surface area contributed by atoms with Crippen LogP contribution in [0, 0.1) is 5.82 Å². The van der Waals surface area contributed by atoms with Crippen LogP contribution in [0.3, 0.4) is 0 Å². The number of nitrogens with one attached hydrogen (secondary N) is 1. The summed E-state index contributed by atoms with van der Waals surface area (Å²) in [5.41, 5.74) is -0.730. The van der Waals surface area contributed by atoms with E-state index < -0.39 is 28.3 Å². The summed E-state index contributed by atoms with van der Waals surface area (Å²) in [6.45, 7) is 1.62. The van der Waals surface area contributed by atoms with E-state index in [1.807, 2.05) is 0 Å². The molecule has 0 unspecified atom stereocenters. The van der Waals surface area contributed by atoms with Gasteiger partial charge in [0.2, 0.25) is 5.78 Å². The average molecular weight is 391 g/mol. The molecule has 0 aliphatic carbocycles. The molecule has 0 saturated carbocycles. The molecule has 2 rings (SSSR count). The third-order valence-electron chi connectivity index (χ3n) is 2.60. The second-order valence-corrected chi connectivity index (χ2v) is 5.47. The first-order valence-electron chi connectivity index (χ1n) is 6.41. The first-order valence-corrected chi connectivity index (χ1v) is 8.00. The number of nitrogens with zero attached hydrogens (tertiary/aromatic N) is 3. The Hall–Kier alpha value is -2.10. The van der Waals surface area contributed by atoms with Crippen molar-refractivity contribution in [2.75, 3.05) is 11.9 Å². The number of anilines is 1. The molecule has 11 heteroatoms. The lowest BCUT2D eigenvalue weighted by Gasteiger charge is -2.08. The number of aromatic nitrogens is 3. The summed E-state index contributed by atoms with van der Waals surface area (Å²) < 4.78 is 22.0. The number of rotatable bonds is 6. The van der Waals surface area contributed by atoms with Gasteiger partial charge in [0, 0.05) is 6.20 Å². The molecule has 126 valence electrons. The highest BCUT2D eigenvalue weighted by molar-refractivity contribution is 7.03. The van der Waals surface area contributed by atoms with Crippen LogP contribution in [0.15, 0.2) is 23.2 Å². The van der Waals surface area contributed by atoms with E-state index in [1.54, 1.807) is 12.3 Å². The molecule has 0 aromatic carbocycles. The van der Waals surface area contributed by atoms with Gasteiger partial charge in [0.25, 0.3) is 0 Å². The molecule has 1 N–H and O–H groups in total. The lowest BCUT2D eigenvalue weighted by atomic mass is 10.1. The fourth-order valence-corrected chi connectivity index (χ4v) is 2.35. The summed E-state index contributed by atoms with van der Waals surface area (Å²) in [5.74, 6) is -2.41. The van der Waals surface area contributed by atoms with Crippen LogP contribution in [0.4, 0.5) is 10.2 Å². The van der Waals surface area contributed by atoms with Crippen LogP contribution in [0.1, 0.15) is 17.3 Å². The first-order chi connectivity index (χ1) is 11.4. The van der Waals surface area contributed by atoms with E-state index in [4.69, 9.17) is 27.9 Å². The van der Waals surface area contributed by atoms with Gasteiger partial charge in [-0.1, -0.05) is 27.7 Å². The molecule has 0 aliphatic rings. The van der Waals surface area contributed by atoms with Crippen molar-refractivity contribution in [3.8, 4) is 0 Å². The predicted octanol–water partition coefficient (Wildman–Crippen LogP) is 3.12. The number of carbonyl (C=O) groups is 2. The van der Waals surface area contributed by atoms with Crippen LogP contribution in [0.25, 0.3) is 0 Å². The zero-order chi connectivity index (χ0) is 17.7. The van der Waals surface area contributed by atoms with Crippen LogP contribution in [0.5, 0.6) is 0 Å². The molecule has 0 amide bonds. The van der Waals surface area contributed by atoms with Crippen LogP contribution < -0.4 is 5.32 Å². The lowest BCUT2D eigenvalue weighted by Crippen LogP contribution is -2.18. The van der Waals surface area contributed by atoms with Gasteiger partial charge in [0.15, 0.2) is 16.8 Å². The van der Waals surface area contributed by atoms with E-state index in [0.29, 0.717) is 5.82 Å². The highest BCUT2D eigenvalue weighted by Crippen LogP contribution is 2.23. The maximum Gasteiger partial charge on any atom is 0.343 e. The topological polar surface area (TPSA) is 94.1 Å². The Balaban J connectivity index is 2.39.